The molecule has 8 heteroatoms. The summed E-state index contributed by atoms with van der Waals surface area (Å²) in [6.45, 7) is 5.83. The van der Waals surface area contributed by atoms with Crippen LogP contribution >= 0.6 is 11.3 Å². The third kappa shape index (κ3) is 3.94. The van der Waals surface area contributed by atoms with Crippen molar-refractivity contribution in [2.75, 3.05) is 11.9 Å². The van der Waals surface area contributed by atoms with Crippen LogP contribution in [0.5, 0.6) is 0 Å². The number of aromatic nitrogens is 2. The summed E-state index contributed by atoms with van der Waals surface area (Å²) in [6, 6.07) is 8.23. The third-order valence-electron chi connectivity index (χ3n) is 3.96. The van der Waals surface area contributed by atoms with Crippen molar-refractivity contribution in [2.45, 2.75) is 20.8 Å². The average molecular weight is 394 g/mol. The predicted molar refractivity (Wildman–Crippen MR) is 107 cm³/mol. The number of hydrogen-bond donors (Lipinski definition) is 1. The van der Waals surface area contributed by atoms with Gasteiger partial charge >= 0.3 is 5.97 Å². The highest BCUT2D eigenvalue weighted by Crippen LogP contribution is 2.23. The zero-order valence-electron chi connectivity index (χ0n) is 15.6. The van der Waals surface area contributed by atoms with Crippen LogP contribution in [0.4, 0.5) is 5.69 Å². The van der Waals surface area contributed by atoms with Crippen molar-refractivity contribution >= 4 is 39.9 Å². The van der Waals surface area contributed by atoms with Crippen molar-refractivity contribution in [1.82, 2.24) is 9.38 Å². The molecule has 1 aromatic carbocycles. The first-order valence-electron chi connectivity index (χ1n) is 8.58. The molecular weight excluding hydrogens is 376 g/mol. The standard InChI is InChI=1S/C20H18N4O3S/c1-4-27-19(26)14-5-7-16(8-6-14)23-18(25)15(10-21)9-17-13(3)22-20-24(17)11-12(2)28-20/h5-9,11H,4H2,1-3H3,(H,23,25)/b15-9+. The molecule has 2 heterocycles. The molecule has 0 saturated heterocycles. The van der Waals surface area contributed by atoms with Crippen LogP contribution in [0.3, 0.4) is 0 Å². The fraction of sp³-hybridized carbons (Fsp3) is 0.200. The fourth-order valence-corrected chi connectivity index (χ4v) is 3.52. The Bertz CT molecular complexity index is 1120. The molecule has 0 aliphatic rings. The molecule has 1 N–H and O–H groups in total. The third-order valence-corrected chi connectivity index (χ3v) is 4.86. The van der Waals surface area contributed by atoms with Crippen molar-refractivity contribution in [3.05, 3.63) is 57.9 Å². The largest absolute Gasteiger partial charge is 0.462 e. The van der Waals surface area contributed by atoms with Crippen LogP contribution in [0, 0.1) is 25.2 Å². The summed E-state index contributed by atoms with van der Waals surface area (Å²) in [7, 11) is 0. The lowest BCUT2D eigenvalue weighted by molar-refractivity contribution is -0.112. The number of fused-ring (bicyclic) bond motifs is 1. The number of nitrogens with one attached hydrogen (secondary N) is 1. The van der Waals surface area contributed by atoms with E-state index in [0.29, 0.717) is 23.6 Å². The second-order valence-corrected chi connectivity index (χ2v) is 7.21. The van der Waals surface area contributed by atoms with Gasteiger partial charge in [-0.2, -0.15) is 5.26 Å². The molecule has 0 fully saturated rings. The molecule has 0 radical (unpaired) electrons. The van der Waals surface area contributed by atoms with Crippen LogP contribution in [-0.4, -0.2) is 27.9 Å². The first-order valence-corrected chi connectivity index (χ1v) is 9.40. The predicted octanol–water partition coefficient (Wildman–Crippen LogP) is 3.74. The van der Waals surface area contributed by atoms with Crippen molar-refractivity contribution in [1.29, 1.82) is 5.26 Å². The Morgan fingerprint density at radius 1 is 1.32 bits per heavy atom. The lowest BCUT2D eigenvalue weighted by Crippen LogP contribution is -2.14. The van der Waals surface area contributed by atoms with Crippen LogP contribution in [0.1, 0.15) is 33.5 Å². The van der Waals surface area contributed by atoms with E-state index in [1.807, 2.05) is 30.5 Å². The first kappa shape index (κ1) is 19.3. The molecule has 0 unspecified atom stereocenters. The van der Waals surface area contributed by atoms with Crippen molar-refractivity contribution in [2.24, 2.45) is 0 Å². The molecule has 1 amide bonds. The zero-order chi connectivity index (χ0) is 20.3. The molecule has 0 saturated carbocycles. The van der Waals surface area contributed by atoms with Gasteiger partial charge in [0.2, 0.25) is 0 Å². The molecule has 7 nitrogen and oxygen atoms in total. The number of benzene rings is 1. The van der Waals surface area contributed by atoms with E-state index in [2.05, 4.69) is 10.3 Å². The highest BCUT2D eigenvalue weighted by molar-refractivity contribution is 7.17. The van der Waals surface area contributed by atoms with E-state index < -0.39 is 11.9 Å². The molecule has 0 aliphatic heterocycles. The van der Waals surface area contributed by atoms with Crippen molar-refractivity contribution in [3.8, 4) is 6.07 Å². The highest BCUT2D eigenvalue weighted by atomic mass is 32.1. The van der Waals surface area contributed by atoms with Crippen LogP contribution in [0.15, 0.2) is 36.0 Å². The summed E-state index contributed by atoms with van der Waals surface area (Å²) < 4.78 is 6.79. The van der Waals surface area contributed by atoms with Gasteiger partial charge in [-0.1, -0.05) is 0 Å². The molecule has 0 bridgehead atoms. The Hall–Kier alpha value is -3.44. The molecular formula is C20H18N4O3S. The Morgan fingerprint density at radius 3 is 2.68 bits per heavy atom. The van der Waals surface area contributed by atoms with Crippen LogP contribution < -0.4 is 5.32 Å². The second-order valence-electron chi connectivity index (χ2n) is 6.00. The molecule has 2 aromatic heterocycles. The quantitative estimate of drug-likeness (QED) is 0.404. The number of imidazole rings is 1. The SMILES string of the molecule is CCOC(=O)c1ccc(NC(=O)/C(C#N)=C/c2c(C)nc3sc(C)cn23)cc1. The average Bonchev–Trinajstić information content (AvgIpc) is 3.15. The Kier molecular flexibility index (Phi) is 5.57. The van der Waals surface area contributed by atoms with E-state index >= 15 is 0 Å². The van der Waals surface area contributed by atoms with E-state index in [-0.39, 0.29) is 5.57 Å². The number of hydrogen-bond acceptors (Lipinski definition) is 6. The topological polar surface area (TPSA) is 96.5 Å². The van der Waals surface area contributed by atoms with Gasteiger partial charge in [0.15, 0.2) is 4.96 Å². The molecule has 0 spiro atoms. The van der Waals surface area contributed by atoms with Gasteiger partial charge in [0.1, 0.15) is 11.6 Å². The maximum Gasteiger partial charge on any atom is 0.338 e. The summed E-state index contributed by atoms with van der Waals surface area (Å²) in [5.41, 5.74) is 2.26. The minimum Gasteiger partial charge on any atom is -0.462 e. The molecule has 3 aromatic rings. The molecule has 3 rings (SSSR count). The van der Waals surface area contributed by atoms with E-state index in [0.717, 1.165) is 15.5 Å². The van der Waals surface area contributed by atoms with Crippen molar-refractivity contribution in [3.63, 3.8) is 0 Å². The first-order chi connectivity index (χ1) is 13.4. The zero-order valence-corrected chi connectivity index (χ0v) is 16.5. The summed E-state index contributed by atoms with van der Waals surface area (Å²) in [5.74, 6) is -0.961. The van der Waals surface area contributed by atoms with Gasteiger partial charge in [-0.05, 0) is 51.1 Å². The van der Waals surface area contributed by atoms with E-state index in [1.165, 1.54) is 6.08 Å². The molecule has 0 atom stereocenters. The number of ether oxygens (including phenoxy) is 1. The van der Waals surface area contributed by atoms with Crippen LogP contribution in [-0.2, 0) is 9.53 Å². The van der Waals surface area contributed by atoms with Gasteiger partial charge in [-0.15, -0.1) is 11.3 Å². The van der Waals surface area contributed by atoms with E-state index in [4.69, 9.17) is 4.74 Å². The lowest BCUT2D eigenvalue weighted by Gasteiger charge is -2.06. The van der Waals surface area contributed by atoms with Crippen LogP contribution in [0.25, 0.3) is 11.0 Å². The Labute approximate surface area is 165 Å². The number of nitrogens with zero attached hydrogens (tertiary/aromatic N) is 3. The van der Waals surface area contributed by atoms with Gasteiger partial charge in [0, 0.05) is 16.8 Å². The van der Waals surface area contributed by atoms with Gasteiger partial charge < -0.3 is 10.1 Å². The van der Waals surface area contributed by atoms with Crippen molar-refractivity contribution < 1.29 is 14.3 Å². The number of rotatable bonds is 5. The minimum atomic E-state index is -0.535. The number of esters is 1. The summed E-state index contributed by atoms with van der Waals surface area (Å²) in [4.78, 5) is 30.6. The number of aryl methyl sites for hydroxylation is 2. The highest BCUT2D eigenvalue weighted by Gasteiger charge is 2.15. The molecule has 142 valence electrons. The molecule has 28 heavy (non-hydrogen) atoms. The second kappa shape index (κ2) is 8.06. The number of amides is 1. The maximum absolute atomic E-state index is 12.5. The van der Waals surface area contributed by atoms with Crippen LogP contribution in [0.2, 0.25) is 0 Å². The number of thiazole rings is 1. The number of carbonyl (C=O) groups is 2. The Balaban J connectivity index is 1.82. The van der Waals surface area contributed by atoms with E-state index in [1.54, 1.807) is 42.5 Å². The number of anilines is 1. The smallest absolute Gasteiger partial charge is 0.338 e. The fourth-order valence-electron chi connectivity index (χ4n) is 2.64. The normalized spacial score (nSPS) is 11.3. The summed E-state index contributed by atoms with van der Waals surface area (Å²) in [5, 5.41) is 12.1. The number of carbonyl (C=O) groups excluding carboxylic acids is 2. The number of nitriles is 1. The minimum absolute atomic E-state index is 0.0387. The van der Waals surface area contributed by atoms with E-state index in [9.17, 15) is 14.9 Å². The monoisotopic (exact) mass is 394 g/mol. The van der Waals surface area contributed by atoms with Gasteiger partial charge in [0.25, 0.3) is 5.91 Å². The summed E-state index contributed by atoms with van der Waals surface area (Å²) >= 11 is 1.54. The van der Waals surface area contributed by atoms with Gasteiger partial charge in [0.05, 0.1) is 23.6 Å². The Morgan fingerprint density at radius 2 is 2.04 bits per heavy atom. The van der Waals surface area contributed by atoms with Gasteiger partial charge in [-0.3, -0.25) is 9.20 Å². The summed E-state index contributed by atoms with van der Waals surface area (Å²) in [6.07, 6.45) is 3.46. The maximum atomic E-state index is 12.5. The van der Waals surface area contributed by atoms with Gasteiger partial charge in [-0.25, -0.2) is 9.78 Å². The molecule has 0 aliphatic carbocycles. The lowest BCUT2D eigenvalue weighted by atomic mass is 10.1.